The maximum absolute atomic E-state index is 13.6. The van der Waals surface area contributed by atoms with Crippen LogP contribution in [0.1, 0.15) is 29.2 Å². The maximum Gasteiger partial charge on any atom is 0.246 e. The standard InChI is InChI=1S/C29H32F2N6O2/c1-3-20-5-4-6-21(11-20)16-36(17-27(38)26(32)14-22-12-24(30)15-25(31)13-22)28(39)18-37-34-29(33-35-37)23-9-7-19(2)8-10-23/h4-13,15,26-27,38H,3,14,16-18,32H2,1-2H3/t26-,27+/m0/s1. The lowest BCUT2D eigenvalue weighted by atomic mass is 10.0. The van der Waals surface area contributed by atoms with Crippen LogP contribution in [-0.2, 0) is 30.7 Å². The highest BCUT2D eigenvalue weighted by atomic mass is 19.1. The molecule has 0 bridgehead atoms. The third-order valence-corrected chi connectivity index (χ3v) is 6.46. The van der Waals surface area contributed by atoms with Crippen LogP contribution in [0.4, 0.5) is 8.78 Å². The minimum Gasteiger partial charge on any atom is -0.390 e. The van der Waals surface area contributed by atoms with Crippen LogP contribution in [0, 0.1) is 18.6 Å². The van der Waals surface area contributed by atoms with E-state index in [1.54, 1.807) is 0 Å². The second kappa shape index (κ2) is 12.7. The topological polar surface area (TPSA) is 110 Å². The monoisotopic (exact) mass is 534 g/mol. The highest BCUT2D eigenvalue weighted by molar-refractivity contribution is 5.76. The highest BCUT2D eigenvalue weighted by Crippen LogP contribution is 2.16. The molecule has 0 aliphatic rings. The second-order valence-electron chi connectivity index (χ2n) is 9.67. The number of hydrogen-bond acceptors (Lipinski definition) is 6. The lowest BCUT2D eigenvalue weighted by molar-refractivity contribution is -0.134. The quantitative estimate of drug-likeness (QED) is 0.305. The van der Waals surface area contributed by atoms with E-state index in [-0.39, 0.29) is 32.0 Å². The summed E-state index contributed by atoms with van der Waals surface area (Å²) in [6.07, 6.45) is -0.279. The summed E-state index contributed by atoms with van der Waals surface area (Å²) >= 11 is 0. The number of rotatable bonds is 11. The van der Waals surface area contributed by atoms with E-state index in [0.29, 0.717) is 11.4 Å². The van der Waals surface area contributed by atoms with Gasteiger partial charge in [-0.3, -0.25) is 4.79 Å². The molecule has 204 valence electrons. The van der Waals surface area contributed by atoms with Crippen molar-refractivity contribution in [2.45, 2.75) is 51.9 Å². The average molecular weight is 535 g/mol. The highest BCUT2D eigenvalue weighted by Gasteiger charge is 2.24. The summed E-state index contributed by atoms with van der Waals surface area (Å²) in [4.78, 5) is 16.1. The number of halogens is 2. The molecule has 10 heteroatoms. The van der Waals surface area contributed by atoms with Gasteiger partial charge in [0.05, 0.1) is 6.10 Å². The predicted octanol–water partition coefficient (Wildman–Crippen LogP) is 3.45. The van der Waals surface area contributed by atoms with Gasteiger partial charge in [0.2, 0.25) is 11.7 Å². The van der Waals surface area contributed by atoms with Gasteiger partial charge in [-0.15, -0.1) is 10.2 Å². The summed E-state index contributed by atoms with van der Waals surface area (Å²) in [5.41, 5.74) is 10.4. The fourth-order valence-corrected chi connectivity index (χ4v) is 4.27. The van der Waals surface area contributed by atoms with Gasteiger partial charge in [-0.1, -0.05) is 61.0 Å². The van der Waals surface area contributed by atoms with Crippen molar-refractivity contribution in [2.24, 2.45) is 5.73 Å². The normalized spacial score (nSPS) is 12.8. The molecular formula is C29H32F2N6O2. The van der Waals surface area contributed by atoms with Crippen LogP contribution in [0.2, 0.25) is 0 Å². The van der Waals surface area contributed by atoms with Crippen molar-refractivity contribution in [2.75, 3.05) is 6.54 Å². The smallest absolute Gasteiger partial charge is 0.246 e. The first-order valence-electron chi connectivity index (χ1n) is 12.8. The van der Waals surface area contributed by atoms with Gasteiger partial charge in [0.1, 0.15) is 18.2 Å². The zero-order chi connectivity index (χ0) is 27.9. The summed E-state index contributed by atoms with van der Waals surface area (Å²) in [6, 6.07) is 17.8. The molecular weight excluding hydrogens is 502 g/mol. The molecule has 0 radical (unpaired) electrons. The SMILES string of the molecule is CCc1cccc(CN(C[C@@H](O)[C@@H](N)Cc2cc(F)cc(F)c2)C(=O)Cn2nnc(-c3ccc(C)cc3)n2)c1. The Labute approximate surface area is 226 Å². The van der Waals surface area contributed by atoms with E-state index in [1.165, 1.54) is 21.8 Å². The first-order chi connectivity index (χ1) is 18.7. The molecule has 3 aromatic carbocycles. The van der Waals surface area contributed by atoms with Crippen molar-refractivity contribution in [3.05, 3.63) is 101 Å². The Kier molecular flexibility index (Phi) is 9.11. The van der Waals surface area contributed by atoms with Gasteiger partial charge < -0.3 is 15.7 Å². The third kappa shape index (κ3) is 7.75. The number of carbonyl (C=O) groups is 1. The number of aromatic nitrogens is 4. The molecule has 2 atom stereocenters. The molecule has 0 aliphatic carbocycles. The van der Waals surface area contributed by atoms with Gasteiger partial charge in [-0.05, 0) is 53.8 Å². The molecule has 0 aliphatic heterocycles. The lowest BCUT2D eigenvalue weighted by Gasteiger charge is -2.28. The van der Waals surface area contributed by atoms with Gasteiger partial charge in [-0.2, -0.15) is 4.80 Å². The molecule has 0 fully saturated rings. The lowest BCUT2D eigenvalue weighted by Crippen LogP contribution is -2.47. The van der Waals surface area contributed by atoms with Gasteiger partial charge in [0.15, 0.2) is 0 Å². The second-order valence-corrected chi connectivity index (χ2v) is 9.67. The molecule has 1 aromatic heterocycles. The van der Waals surface area contributed by atoms with Crippen LogP contribution in [0.5, 0.6) is 0 Å². The van der Waals surface area contributed by atoms with Crippen molar-refractivity contribution in [1.82, 2.24) is 25.1 Å². The number of hydrogen-bond donors (Lipinski definition) is 2. The number of aliphatic hydroxyl groups excluding tert-OH is 1. The van der Waals surface area contributed by atoms with E-state index in [9.17, 15) is 18.7 Å². The van der Waals surface area contributed by atoms with E-state index < -0.39 is 23.8 Å². The Hall–Kier alpha value is -4.02. The largest absolute Gasteiger partial charge is 0.390 e. The molecule has 3 N–H and O–H groups in total. The molecule has 0 saturated heterocycles. The number of amides is 1. The molecule has 0 spiro atoms. The number of aliphatic hydroxyl groups is 1. The molecule has 0 saturated carbocycles. The van der Waals surface area contributed by atoms with Crippen LogP contribution in [-0.4, -0.2) is 54.8 Å². The van der Waals surface area contributed by atoms with Crippen molar-refractivity contribution in [3.63, 3.8) is 0 Å². The number of carbonyl (C=O) groups excluding carboxylic acids is 1. The summed E-state index contributed by atoms with van der Waals surface area (Å²) in [5, 5.41) is 23.3. The van der Waals surface area contributed by atoms with Crippen molar-refractivity contribution >= 4 is 5.91 Å². The number of nitrogens with zero attached hydrogens (tertiary/aromatic N) is 5. The summed E-state index contributed by atoms with van der Waals surface area (Å²) in [6.45, 7) is 3.97. The Bertz CT molecular complexity index is 1390. The van der Waals surface area contributed by atoms with E-state index in [2.05, 4.69) is 15.4 Å². The van der Waals surface area contributed by atoms with Crippen LogP contribution in [0.25, 0.3) is 11.4 Å². The zero-order valence-corrected chi connectivity index (χ0v) is 22.0. The number of nitrogens with two attached hydrogens (primary N) is 1. The number of tetrazole rings is 1. The number of aryl methyl sites for hydroxylation is 2. The Balaban J connectivity index is 1.49. The zero-order valence-electron chi connectivity index (χ0n) is 22.0. The Morgan fingerprint density at radius 2 is 1.72 bits per heavy atom. The third-order valence-electron chi connectivity index (χ3n) is 6.46. The first-order valence-corrected chi connectivity index (χ1v) is 12.8. The molecule has 1 heterocycles. The molecule has 39 heavy (non-hydrogen) atoms. The fraction of sp³-hybridized carbons (Fsp3) is 0.310. The molecule has 1 amide bonds. The summed E-state index contributed by atoms with van der Waals surface area (Å²) < 4.78 is 27.2. The van der Waals surface area contributed by atoms with E-state index in [0.717, 1.165) is 34.7 Å². The van der Waals surface area contributed by atoms with E-state index >= 15 is 0 Å². The van der Waals surface area contributed by atoms with Gasteiger partial charge >= 0.3 is 0 Å². The molecule has 8 nitrogen and oxygen atoms in total. The minimum atomic E-state index is -1.15. The van der Waals surface area contributed by atoms with Crippen molar-refractivity contribution in [3.8, 4) is 11.4 Å². The molecule has 0 unspecified atom stereocenters. The van der Waals surface area contributed by atoms with Crippen molar-refractivity contribution in [1.29, 1.82) is 0 Å². The number of benzene rings is 3. The first kappa shape index (κ1) is 28.0. The Morgan fingerprint density at radius 1 is 1.03 bits per heavy atom. The van der Waals surface area contributed by atoms with E-state index in [1.807, 2.05) is 62.4 Å². The van der Waals surface area contributed by atoms with Gasteiger partial charge in [0.25, 0.3) is 0 Å². The van der Waals surface area contributed by atoms with Gasteiger partial charge in [0, 0.05) is 30.8 Å². The molecule has 4 rings (SSSR count). The minimum absolute atomic E-state index is 0.0355. The van der Waals surface area contributed by atoms with Crippen LogP contribution < -0.4 is 5.73 Å². The Morgan fingerprint density at radius 3 is 2.41 bits per heavy atom. The summed E-state index contributed by atoms with van der Waals surface area (Å²) in [5.74, 6) is -1.38. The summed E-state index contributed by atoms with van der Waals surface area (Å²) in [7, 11) is 0. The van der Waals surface area contributed by atoms with Crippen molar-refractivity contribution < 1.29 is 18.7 Å². The van der Waals surface area contributed by atoms with Crippen LogP contribution in [0.3, 0.4) is 0 Å². The molecule has 4 aromatic rings. The fourth-order valence-electron chi connectivity index (χ4n) is 4.27. The predicted molar refractivity (Wildman–Crippen MR) is 143 cm³/mol. The van der Waals surface area contributed by atoms with Gasteiger partial charge in [-0.25, -0.2) is 8.78 Å². The maximum atomic E-state index is 13.6. The average Bonchev–Trinajstić information content (AvgIpc) is 3.36. The van der Waals surface area contributed by atoms with Crippen LogP contribution in [0.15, 0.2) is 66.7 Å². The van der Waals surface area contributed by atoms with E-state index in [4.69, 9.17) is 5.73 Å². The van der Waals surface area contributed by atoms with Crippen LogP contribution >= 0.6 is 0 Å².